The lowest BCUT2D eigenvalue weighted by atomic mass is 10.1. The van der Waals surface area contributed by atoms with E-state index in [4.69, 9.17) is 11.6 Å². The first-order chi connectivity index (χ1) is 19.4. The molecule has 0 bridgehead atoms. The summed E-state index contributed by atoms with van der Waals surface area (Å²) in [7, 11) is 0. The summed E-state index contributed by atoms with van der Waals surface area (Å²) in [4.78, 5) is 41.6. The van der Waals surface area contributed by atoms with Gasteiger partial charge in [-0.25, -0.2) is 9.97 Å². The zero-order valence-electron chi connectivity index (χ0n) is 21.0. The number of amidine groups is 1. The SMILES string of the molecule is O=C1N=C(N2CCC[C@H]2C(=O)Nc2ccc3ncnc(Nc4cccc(Cl)c4)c3c2)S/C1=C/c1cccc(Br)c1. The van der Waals surface area contributed by atoms with E-state index in [1.54, 1.807) is 6.07 Å². The monoisotopic (exact) mass is 632 g/mol. The van der Waals surface area contributed by atoms with Gasteiger partial charge < -0.3 is 15.5 Å². The van der Waals surface area contributed by atoms with Crippen molar-refractivity contribution in [1.29, 1.82) is 0 Å². The Kier molecular flexibility index (Phi) is 7.55. The van der Waals surface area contributed by atoms with Crippen molar-refractivity contribution < 1.29 is 9.59 Å². The van der Waals surface area contributed by atoms with Gasteiger partial charge in [-0.1, -0.05) is 45.7 Å². The highest BCUT2D eigenvalue weighted by molar-refractivity contribution is 9.10. The lowest BCUT2D eigenvalue weighted by Crippen LogP contribution is -2.41. The van der Waals surface area contributed by atoms with Gasteiger partial charge in [-0.05, 0) is 84.8 Å². The first-order valence-corrected chi connectivity index (χ1v) is 14.5. The van der Waals surface area contributed by atoms with Crippen LogP contribution in [0.2, 0.25) is 5.02 Å². The minimum Gasteiger partial charge on any atom is -0.340 e. The maximum Gasteiger partial charge on any atom is 0.286 e. The number of aliphatic imine (C=N–C) groups is 1. The summed E-state index contributed by atoms with van der Waals surface area (Å²) in [5, 5.41) is 8.25. The zero-order valence-corrected chi connectivity index (χ0v) is 24.1. The quantitative estimate of drug-likeness (QED) is 0.232. The number of benzene rings is 3. The second-order valence-electron chi connectivity index (χ2n) is 9.30. The maximum absolute atomic E-state index is 13.4. The van der Waals surface area contributed by atoms with Gasteiger partial charge in [-0.2, -0.15) is 4.99 Å². The molecule has 1 fully saturated rings. The van der Waals surface area contributed by atoms with E-state index < -0.39 is 6.04 Å². The van der Waals surface area contributed by atoms with E-state index in [-0.39, 0.29) is 11.8 Å². The van der Waals surface area contributed by atoms with Crippen LogP contribution in [0.5, 0.6) is 0 Å². The van der Waals surface area contributed by atoms with E-state index in [2.05, 4.69) is 41.5 Å². The molecular formula is C29H22BrClN6O2S. The number of thioether (sulfide) groups is 1. The number of anilines is 3. The van der Waals surface area contributed by atoms with Crippen molar-refractivity contribution in [3.8, 4) is 0 Å². The number of hydrogen-bond donors (Lipinski definition) is 2. The smallest absolute Gasteiger partial charge is 0.286 e. The molecule has 0 radical (unpaired) electrons. The molecule has 0 aliphatic carbocycles. The molecule has 2 amide bonds. The molecule has 1 atom stereocenters. The van der Waals surface area contributed by atoms with Crippen molar-refractivity contribution in [3.63, 3.8) is 0 Å². The van der Waals surface area contributed by atoms with Crippen LogP contribution in [0.25, 0.3) is 17.0 Å². The number of nitrogens with zero attached hydrogens (tertiary/aromatic N) is 4. The number of hydrogen-bond acceptors (Lipinski definition) is 7. The van der Waals surface area contributed by atoms with E-state index >= 15 is 0 Å². The van der Waals surface area contributed by atoms with Crippen molar-refractivity contribution >= 4 is 90.4 Å². The highest BCUT2D eigenvalue weighted by Crippen LogP contribution is 2.34. The molecule has 2 aliphatic rings. The maximum atomic E-state index is 13.4. The Morgan fingerprint density at radius 3 is 2.80 bits per heavy atom. The third-order valence-electron chi connectivity index (χ3n) is 6.55. The molecule has 4 aromatic rings. The lowest BCUT2D eigenvalue weighted by molar-refractivity contribution is -0.119. The highest BCUT2D eigenvalue weighted by atomic mass is 79.9. The van der Waals surface area contributed by atoms with Gasteiger partial charge in [0.2, 0.25) is 5.91 Å². The van der Waals surface area contributed by atoms with Crippen LogP contribution >= 0.6 is 39.3 Å². The molecule has 1 aromatic heterocycles. The van der Waals surface area contributed by atoms with Crippen molar-refractivity contribution in [2.75, 3.05) is 17.2 Å². The Labute approximate surface area is 248 Å². The summed E-state index contributed by atoms with van der Waals surface area (Å²) >= 11 is 10.9. The summed E-state index contributed by atoms with van der Waals surface area (Å²) in [5.74, 6) is 0.157. The van der Waals surface area contributed by atoms with Gasteiger partial charge in [0.05, 0.1) is 10.4 Å². The number of aromatic nitrogens is 2. The predicted molar refractivity (Wildman–Crippen MR) is 165 cm³/mol. The summed E-state index contributed by atoms with van der Waals surface area (Å²) < 4.78 is 0.933. The highest BCUT2D eigenvalue weighted by Gasteiger charge is 2.37. The second-order valence-corrected chi connectivity index (χ2v) is 11.7. The van der Waals surface area contributed by atoms with Crippen LogP contribution in [0.1, 0.15) is 18.4 Å². The fraction of sp³-hybridized carbons (Fsp3) is 0.138. The van der Waals surface area contributed by atoms with Gasteiger partial charge in [-0.3, -0.25) is 9.59 Å². The summed E-state index contributed by atoms with van der Waals surface area (Å²) in [6.45, 7) is 0.653. The van der Waals surface area contributed by atoms with E-state index in [0.717, 1.165) is 33.0 Å². The number of carbonyl (C=O) groups excluding carboxylic acids is 2. The molecule has 200 valence electrons. The number of rotatable bonds is 5. The standard InChI is InChI=1S/C29H22BrClN6O2S/c30-18-5-1-4-17(12-18)13-25-28(39)36-29(40-25)37-11-3-8-24(37)27(38)35-21-9-10-23-22(15-21)26(33-16-32-23)34-20-7-2-6-19(31)14-20/h1-2,4-7,9-10,12-16,24H,3,8,11H2,(H,35,38)(H,32,33,34)/b25-13+/t24-/m0/s1. The average Bonchev–Trinajstić information content (AvgIpc) is 3.56. The normalized spacial score (nSPS) is 17.9. The number of carbonyl (C=O) groups is 2. The van der Waals surface area contributed by atoms with Crippen LogP contribution in [0.3, 0.4) is 0 Å². The molecular weight excluding hydrogens is 612 g/mol. The Balaban J connectivity index is 1.19. The number of halogens is 2. The van der Waals surface area contributed by atoms with Crippen molar-refractivity contribution in [3.05, 3.63) is 93.0 Å². The van der Waals surface area contributed by atoms with Crippen LogP contribution in [-0.4, -0.2) is 44.4 Å². The Hall–Kier alpha value is -3.73. The van der Waals surface area contributed by atoms with E-state index in [1.165, 1.54) is 18.1 Å². The van der Waals surface area contributed by atoms with Gasteiger partial charge in [0, 0.05) is 32.8 Å². The molecule has 1 saturated heterocycles. The molecule has 0 unspecified atom stereocenters. The van der Waals surface area contributed by atoms with Crippen LogP contribution in [0.4, 0.5) is 17.2 Å². The van der Waals surface area contributed by atoms with Crippen molar-refractivity contribution in [2.45, 2.75) is 18.9 Å². The number of likely N-dealkylation sites (tertiary alicyclic amines) is 1. The summed E-state index contributed by atoms with van der Waals surface area (Å²) in [6.07, 6.45) is 4.81. The van der Waals surface area contributed by atoms with Gasteiger partial charge in [0.15, 0.2) is 5.17 Å². The zero-order chi connectivity index (χ0) is 27.6. The van der Waals surface area contributed by atoms with E-state index in [0.29, 0.717) is 39.6 Å². The lowest BCUT2D eigenvalue weighted by Gasteiger charge is -2.24. The van der Waals surface area contributed by atoms with Crippen LogP contribution in [0.15, 0.2) is 87.4 Å². The average molecular weight is 634 g/mol. The molecule has 11 heteroatoms. The minimum absolute atomic E-state index is 0.154. The van der Waals surface area contributed by atoms with Crippen molar-refractivity contribution in [2.24, 2.45) is 4.99 Å². The molecule has 8 nitrogen and oxygen atoms in total. The Morgan fingerprint density at radius 2 is 1.95 bits per heavy atom. The molecule has 2 aliphatic heterocycles. The molecule has 0 saturated carbocycles. The molecule has 2 N–H and O–H groups in total. The molecule has 0 spiro atoms. The first kappa shape index (κ1) is 26.5. The van der Waals surface area contributed by atoms with Crippen molar-refractivity contribution in [1.82, 2.24) is 14.9 Å². The molecule has 3 heterocycles. The molecule has 3 aromatic carbocycles. The van der Waals surface area contributed by atoms with Crippen LogP contribution < -0.4 is 10.6 Å². The Bertz CT molecular complexity index is 1710. The third-order valence-corrected chi connectivity index (χ3v) is 8.30. The summed E-state index contributed by atoms with van der Waals surface area (Å²) in [6, 6.07) is 20.2. The fourth-order valence-electron chi connectivity index (χ4n) is 4.70. The second kappa shape index (κ2) is 11.4. The first-order valence-electron chi connectivity index (χ1n) is 12.6. The Morgan fingerprint density at radius 1 is 1.07 bits per heavy atom. The minimum atomic E-state index is -0.434. The fourth-order valence-corrected chi connectivity index (χ4v) is 6.30. The molecule has 40 heavy (non-hydrogen) atoms. The van der Waals surface area contributed by atoms with Gasteiger partial charge in [-0.15, -0.1) is 0 Å². The summed E-state index contributed by atoms with van der Waals surface area (Å²) in [5.41, 5.74) is 3.06. The van der Waals surface area contributed by atoms with E-state index in [9.17, 15) is 9.59 Å². The van der Waals surface area contributed by atoms with Gasteiger partial charge in [0.1, 0.15) is 18.2 Å². The number of amides is 2. The predicted octanol–water partition coefficient (Wildman–Crippen LogP) is 6.86. The van der Waals surface area contributed by atoms with Crippen LogP contribution in [-0.2, 0) is 9.59 Å². The number of fused-ring (bicyclic) bond motifs is 1. The van der Waals surface area contributed by atoms with Gasteiger partial charge >= 0.3 is 0 Å². The third kappa shape index (κ3) is 5.74. The molecule has 6 rings (SSSR count). The number of nitrogens with one attached hydrogen (secondary N) is 2. The van der Waals surface area contributed by atoms with E-state index in [1.807, 2.05) is 71.6 Å². The van der Waals surface area contributed by atoms with Crippen LogP contribution in [0, 0.1) is 0 Å². The largest absolute Gasteiger partial charge is 0.340 e. The topological polar surface area (TPSA) is 99.6 Å². The van der Waals surface area contributed by atoms with Gasteiger partial charge in [0.25, 0.3) is 5.91 Å².